The molecule has 0 atom stereocenters. The van der Waals surface area contributed by atoms with Crippen LogP contribution in [0.4, 0.5) is 5.69 Å². The van der Waals surface area contributed by atoms with Gasteiger partial charge in [-0.3, -0.25) is 10.6 Å². The van der Waals surface area contributed by atoms with Gasteiger partial charge in [-0.25, -0.2) is 0 Å². The van der Waals surface area contributed by atoms with Gasteiger partial charge in [0.2, 0.25) is 0 Å². The van der Waals surface area contributed by atoms with Gasteiger partial charge in [0, 0.05) is 11.6 Å². The Morgan fingerprint density at radius 1 is 1.44 bits per heavy atom. The number of nitrogens with two attached hydrogens (primary N) is 1. The molecule has 0 fully saturated rings. The van der Waals surface area contributed by atoms with Gasteiger partial charge >= 0.3 is 0 Å². The van der Waals surface area contributed by atoms with Crippen LogP contribution in [-0.4, -0.2) is 11.1 Å². The smallest absolute Gasteiger partial charge is 0.251 e. The summed E-state index contributed by atoms with van der Waals surface area (Å²) in [6, 6.07) is 6.95. The minimum atomic E-state index is -0.162. The normalized spacial score (nSPS) is 10.1. The van der Waals surface area contributed by atoms with Crippen LogP contribution in [-0.2, 0) is 6.54 Å². The summed E-state index contributed by atoms with van der Waals surface area (Å²) < 4.78 is 4.68. The number of amides is 1. The molecule has 2 rings (SSSR count). The van der Waals surface area contributed by atoms with E-state index in [0.717, 1.165) is 11.3 Å². The lowest BCUT2D eigenvalue weighted by Gasteiger charge is -2.07. The van der Waals surface area contributed by atoms with Gasteiger partial charge in [-0.1, -0.05) is 5.16 Å². The largest absolute Gasteiger partial charge is 0.364 e. The number of hydrazine groups is 1. The lowest BCUT2D eigenvalue weighted by Crippen LogP contribution is -2.23. The van der Waals surface area contributed by atoms with Crippen molar-refractivity contribution in [2.45, 2.75) is 13.5 Å². The van der Waals surface area contributed by atoms with Gasteiger partial charge in [-0.2, -0.15) is 0 Å². The van der Waals surface area contributed by atoms with E-state index in [0.29, 0.717) is 17.8 Å². The van der Waals surface area contributed by atoms with E-state index in [4.69, 9.17) is 5.84 Å². The number of nitrogens with one attached hydrogen (secondary N) is 2. The van der Waals surface area contributed by atoms with Crippen LogP contribution in [0.2, 0.25) is 0 Å². The van der Waals surface area contributed by atoms with Gasteiger partial charge in [-0.05, 0) is 30.7 Å². The minimum Gasteiger partial charge on any atom is -0.364 e. The quantitative estimate of drug-likeness (QED) is 0.556. The minimum absolute atomic E-state index is 0.162. The van der Waals surface area contributed by atoms with Crippen molar-refractivity contribution in [2.75, 3.05) is 5.43 Å². The van der Waals surface area contributed by atoms with Gasteiger partial charge in [0.15, 0.2) is 0 Å². The maximum Gasteiger partial charge on any atom is 0.251 e. The number of benzene rings is 1. The average Bonchev–Trinajstić information content (AvgIpc) is 2.89. The van der Waals surface area contributed by atoms with E-state index < -0.39 is 0 Å². The topological polar surface area (TPSA) is 93.2 Å². The van der Waals surface area contributed by atoms with Crippen LogP contribution in [0, 0.1) is 6.92 Å². The Labute approximate surface area is 104 Å². The molecule has 1 amide bonds. The second-order valence-electron chi connectivity index (χ2n) is 3.85. The molecule has 0 bridgehead atoms. The molecule has 94 valence electrons. The molecule has 0 aliphatic rings. The maximum atomic E-state index is 11.9. The highest BCUT2D eigenvalue weighted by atomic mass is 16.5. The number of hydrogen-bond donors (Lipinski definition) is 3. The zero-order chi connectivity index (χ0) is 13.0. The fraction of sp³-hybridized carbons (Fsp3) is 0.167. The van der Waals surface area contributed by atoms with Crippen molar-refractivity contribution in [3.8, 4) is 0 Å². The number of hydrogen-bond acceptors (Lipinski definition) is 5. The first-order valence-corrected chi connectivity index (χ1v) is 5.45. The van der Waals surface area contributed by atoms with Crippen molar-refractivity contribution in [1.29, 1.82) is 0 Å². The summed E-state index contributed by atoms with van der Waals surface area (Å²) in [5.74, 6) is 5.17. The summed E-state index contributed by atoms with van der Waals surface area (Å²) >= 11 is 0. The fourth-order valence-electron chi connectivity index (χ4n) is 1.57. The Hall–Kier alpha value is -2.34. The number of carbonyl (C=O) groups is 1. The third-order valence-corrected chi connectivity index (χ3v) is 2.57. The van der Waals surface area contributed by atoms with Crippen molar-refractivity contribution < 1.29 is 9.32 Å². The van der Waals surface area contributed by atoms with Gasteiger partial charge in [0.05, 0.1) is 12.2 Å². The summed E-state index contributed by atoms with van der Waals surface area (Å²) in [6.07, 6.45) is 1.47. The summed E-state index contributed by atoms with van der Waals surface area (Å²) in [7, 11) is 0. The fourth-order valence-corrected chi connectivity index (χ4v) is 1.57. The first kappa shape index (κ1) is 12.1. The van der Waals surface area contributed by atoms with Crippen LogP contribution in [0.3, 0.4) is 0 Å². The molecular weight excluding hydrogens is 232 g/mol. The second kappa shape index (κ2) is 5.33. The van der Waals surface area contributed by atoms with Crippen LogP contribution in [0.15, 0.2) is 35.1 Å². The molecule has 6 nitrogen and oxygen atoms in total. The number of carbonyl (C=O) groups excluding carboxylic acids is 1. The highest BCUT2D eigenvalue weighted by Gasteiger charge is 2.07. The Bertz CT molecular complexity index is 537. The standard InChI is InChI=1S/C12H14N4O2/c1-8-6-9(2-3-11(8)15-13)12(17)14-7-10-4-5-18-16-10/h2-6,15H,7,13H2,1H3,(H,14,17). The highest BCUT2D eigenvalue weighted by molar-refractivity contribution is 5.94. The Kier molecular flexibility index (Phi) is 3.59. The molecule has 0 saturated heterocycles. The van der Waals surface area contributed by atoms with E-state index >= 15 is 0 Å². The van der Waals surface area contributed by atoms with Gasteiger partial charge in [0.25, 0.3) is 5.91 Å². The molecule has 0 spiro atoms. The molecule has 18 heavy (non-hydrogen) atoms. The second-order valence-corrected chi connectivity index (χ2v) is 3.85. The molecule has 2 aromatic rings. The number of nitrogen functional groups attached to an aromatic ring is 1. The Morgan fingerprint density at radius 3 is 2.89 bits per heavy atom. The first-order valence-electron chi connectivity index (χ1n) is 5.45. The van der Waals surface area contributed by atoms with E-state index in [1.165, 1.54) is 6.26 Å². The van der Waals surface area contributed by atoms with Gasteiger partial charge in [-0.15, -0.1) is 0 Å². The molecule has 0 aliphatic heterocycles. The van der Waals surface area contributed by atoms with Crippen molar-refractivity contribution in [3.05, 3.63) is 47.3 Å². The van der Waals surface area contributed by atoms with Gasteiger partial charge < -0.3 is 15.3 Å². The third-order valence-electron chi connectivity index (χ3n) is 2.57. The predicted octanol–water partition coefficient (Wildman–Crippen LogP) is 1.20. The Morgan fingerprint density at radius 2 is 2.28 bits per heavy atom. The summed E-state index contributed by atoms with van der Waals surface area (Å²) in [6.45, 7) is 2.22. The number of aryl methyl sites for hydroxylation is 1. The molecule has 1 heterocycles. The van der Waals surface area contributed by atoms with Crippen LogP contribution in [0.1, 0.15) is 21.6 Å². The monoisotopic (exact) mass is 246 g/mol. The molecule has 0 unspecified atom stereocenters. The molecule has 1 aromatic heterocycles. The molecule has 0 radical (unpaired) electrons. The van der Waals surface area contributed by atoms with E-state index in [1.54, 1.807) is 24.3 Å². The first-order chi connectivity index (χ1) is 8.70. The van der Waals surface area contributed by atoms with Gasteiger partial charge in [0.1, 0.15) is 12.0 Å². The molecule has 1 aromatic carbocycles. The lowest BCUT2D eigenvalue weighted by atomic mass is 10.1. The third kappa shape index (κ3) is 2.67. The summed E-state index contributed by atoms with van der Waals surface area (Å²) in [5, 5.41) is 6.46. The van der Waals surface area contributed by atoms with Crippen LogP contribution in [0.5, 0.6) is 0 Å². The zero-order valence-corrected chi connectivity index (χ0v) is 9.93. The molecule has 0 saturated carbocycles. The number of nitrogens with zero attached hydrogens (tertiary/aromatic N) is 1. The zero-order valence-electron chi connectivity index (χ0n) is 9.93. The number of rotatable bonds is 4. The maximum absolute atomic E-state index is 11.9. The highest BCUT2D eigenvalue weighted by Crippen LogP contribution is 2.15. The average molecular weight is 246 g/mol. The van der Waals surface area contributed by atoms with E-state index in [2.05, 4.69) is 20.4 Å². The Balaban J connectivity index is 2.02. The molecule has 0 aliphatic carbocycles. The summed E-state index contributed by atoms with van der Waals surface area (Å²) in [4.78, 5) is 11.9. The molecule has 6 heteroatoms. The van der Waals surface area contributed by atoms with Crippen LogP contribution >= 0.6 is 0 Å². The number of anilines is 1. The lowest BCUT2D eigenvalue weighted by molar-refractivity contribution is 0.0950. The van der Waals surface area contributed by atoms with E-state index in [9.17, 15) is 4.79 Å². The van der Waals surface area contributed by atoms with Crippen molar-refractivity contribution in [2.24, 2.45) is 5.84 Å². The predicted molar refractivity (Wildman–Crippen MR) is 66.7 cm³/mol. The van der Waals surface area contributed by atoms with Crippen LogP contribution < -0.4 is 16.6 Å². The van der Waals surface area contributed by atoms with Crippen LogP contribution in [0.25, 0.3) is 0 Å². The molecular formula is C12H14N4O2. The van der Waals surface area contributed by atoms with E-state index in [1.807, 2.05) is 6.92 Å². The number of aromatic nitrogens is 1. The van der Waals surface area contributed by atoms with E-state index in [-0.39, 0.29) is 5.91 Å². The van der Waals surface area contributed by atoms with Crippen molar-refractivity contribution in [1.82, 2.24) is 10.5 Å². The van der Waals surface area contributed by atoms with Crippen molar-refractivity contribution in [3.63, 3.8) is 0 Å². The van der Waals surface area contributed by atoms with Crippen molar-refractivity contribution >= 4 is 11.6 Å². The molecule has 4 N–H and O–H groups in total. The SMILES string of the molecule is Cc1cc(C(=O)NCc2ccon2)ccc1NN. The summed E-state index contributed by atoms with van der Waals surface area (Å²) in [5.41, 5.74) is 5.52.